The number of hydrogen-bond acceptors (Lipinski definition) is 4. The Morgan fingerprint density at radius 3 is 2.52 bits per heavy atom. The van der Waals surface area contributed by atoms with Crippen LogP contribution in [0.1, 0.15) is 13.8 Å². The fourth-order valence-electron chi connectivity index (χ4n) is 2.66. The van der Waals surface area contributed by atoms with Crippen LogP contribution in [0.3, 0.4) is 0 Å². The van der Waals surface area contributed by atoms with E-state index in [9.17, 15) is 0 Å². The number of fused-ring (bicyclic) bond motifs is 1. The highest BCUT2D eigenvalue weighted by atomic mass is 16.6. The molecule has 3 aromatic rings. The van der Waals surface area contributed by atoms with Crippen molar-refractivity contribution in [3.05, 3.63) is 42.6 Å². The Morgan fingerprint density at radius 1 is 1.09 bits per heavy atom. The Balaban J connectivity index is 1.56. The zero-order chi connectivity index (χ0) is 15.9. The number of benzene rings is 1. The van der Waals surface area contributed by atoms with Crippen molar-refractivity contribution >= 4 is 23.7 Å². The van der Waals surface area contributed by atoms with Gasteiger partial charge in [0.1, 0.15) is 5.82 Å². The summed E-state index contributed by atoms with van der Waals surface area (Å²) < 4.78 is 11.6. The number of rotatable bonds is 2. The minimum absolute atomic E-state index is 0.0811. The highest BCUT2D eigenvalue weighted by Gasteiger charge is 2.33. The summed E-state index contributed by atoms with van der Waals surface area (Å²) in [6.07, 6.45) is 1.75. The van der Waals surface area contributed by atoms with E-state index in [2.05, 4.69) is 28.8 Å². The predicted molar refractivity (Wildman–Crippen MR) is 90.4 cm³/mol. The molecule has 0 amide bonds. The number of aromatic nitrogens is 3. The highest BCUT2D eigenvalue weighted by Crippen LogP contribution is 2.22. The van der Waals surface area contributed by atoms with E-state index in [-0.39, 0.29) is 12.5 Å². The molecule has 1 aliphatic rings. The molecular formula is C17H18BN3O2. The number of H-pyrrole nitrogens is 1. The maximum Gasteiger partial charge on any atom is 0.493 e. The SMILES string of the molecule is CC1(C)COB(c2ccc(-c3nc4ncccc4[nH]3)cc2)OC1. The molecule has 5 nitrogen and oxygen atoms in total. The van der Waals surface area contributed by atoms with Crippen LogP contribution in [0.4, 0.5) is 0 Å². The van der Waals surface area contributed by atoms with Crippen LogP contribution in [0, 0.1) is 5.41 Å². The summed E-state index contributed by atoms with van der Waals surface area (Å²) in [6.45, 7) is 5.69. The lowest BCUT2D eigenvalue weighted by Crippen LogP contribution is -2.47. The van der Waals surface area contributed by atoms with E-state index in [0.29, 0.717) is 13.2 Å². The van der Waals surface area contributed by atoms with Crippen molar-refractivity contribution < 1.29 is 9.31 Å². The molecular weight excluding hydrogens is 289 g/mol. The minimum Gasteiger partial charge on any atom is -0.407 e. The summed E-state index contributed by atoms with van der Waals surface area (Å²) in [5, 5.41) is 0. The van der Waals surface area contributed by atoms with E-state index in [1.165, 1.54) is 0 Å². The first-order valence-corrected chi connectivity index (χ1v) is 7.75. The number of pyridine rings is 1. The van der Waals surface area contributed by atoms with Crippen LogP contribution in [0.5, 0.6) is 0 Å². The van der Waals surface area contributed by atoms with Crippen LogP contribution in [-0.4, -0.2) is 35.3 Å². The largest absolute Gasteiger partial charge is 0.493 e. The summed E-state index contributed by atoms with van der Waals surface area (Å²) in [7, 11) is -0.283. The first kappa shape index (κ1) is 14.4. The molecule has 3 heterocycles. The van der Waals surface area contributed by atoms with Gasteiger partial charge in [0.2, 0.25) is 0 Å². The lowest BCUT2D eigenvalue weighted by Gasteiger charge is -2.33. The van der Waals surface area contributed by atoms with Gasteiger partial charge in [0.05, 0.1) is 5.52 Å². The maximum absolute atomic E-state index is 5.82. The van der Waals surface area contributed by atoms with Gasteiger partial charge in [-0.15, -0.1) is 0 Å². The van der Waals surface area contributed by atoms with Crippen molar-refractivity contribution in [2.24, 2.45) is 5.41 Å². The van der Waals surface area contributed by atoms with Crippen molar-refractivity contribution in [2.45, 2.75) is 13.8 Å². The summed E-state index contributed by atoms with van der Waals surface area (Å²) in [5.74, 6) is 0.817. The van der Waals surface area contributed by atoms with E-state index in [1.54, 1.807) is 6.20 Å². The Kier molecular flexibility index (Phi) is 3.43. The Labute approximate surface area is 135 Å². The molecule has 0 radical (unpaired) electrons. The standard InChI is InChI=1S/C17H18BN3O2/c1-17(2)10-22-18(23-11-17)13-7-5-12(6-8-13)15-20-14-4-3-9-19-16(14)21-15/h3-9H,10-11H2,1-2H3,(H,19,20,21). The van der Waals surface area contributed by atoms with Crippen molar-refractivity contribution in [3.63, 3.8) is 0 Å². The van der Waals surface area contributed by atoms with E-state index >= 15 is 0 Å². The van der Waals surface area contributed by atoms with Gasteiger partial charge in [-0.1, -0.05) is 38.1 Å². The first-order chi connectivity index (χ1) is 11.1. The third-order valence-corrected chi connectivity index (χ3v) is 3.96. The van der Waals surface area contributed by atoms with Gasteiger partial charge < -0.3 is 14.3 Å². The van der Waals surface area contributed by atoms with Gasteiger partial charge in [-0.2, -0.15) is 0 Å². The Hall–Kier alpha value is -2.18. The maximum atomic E-state index is 5.82. The summed E-state index contributed by atoms with van der Waals surface area (Å²) in [4.78, 5) is 12.1. The predicted octanol–water partition coefficient (Wildman–Crippen LogP) is 2.39. The van der Waals surface area contributed by atoms with Crippen LogP contribution in [0.2, 0.25) is 0 Å². The highest BCUT2D eigenvalue weighted by molar-refractivity contribution is 6.61. The molecule has 0 spiro atoms. The molecule has 116 valence electrons. The normalized spacial score (nSPS) is 17.6. The lowest BCUT2D eigenvalue weighted by molar-refractivity contribution is 0.0343. The fourth-order valence-corrected chi connectivity index (χ4v) is 2.66. The average molecular weight is 307 g/mol. The molecule has 23 heavy (non-hydrogen) atoms. The number of nitrogens with zero attached hydrogens (tertiary/aromatic N) is 2. The number of aromatic amines is 1. The molecule has 1 aromatic carbocycles. The van der Waals surface area contributed by atoms with Crippen molar-refractivity contribution in [3.8, 4) is 11.4 Å². The molecule has 0 unspecified atom stereocenters. The van der Waals surface area contributed by atoms with E-state index in [0.717, 1.165) is 28.0 Å². The quantitative estimate of drug-likeness (QED) is 0.739. The zero-order valence-corrected chi connectivity index (χ0v) is 13.2. The fraction of sp³-hybridized carbons (Fsp3) is 0.294. The second-order valence-electron chi connectivity index (χ2n) is 6.70. The molecule has 1 saturated heterocycles. The van der Waals surface area contributed by atoms with Gasteiger partial charge in [-0.3, -0.25) is 0 Å². The molecule has 6 heteroatoms. The Morgan fingerprint density at radius 2 is 1.83 bits per heavy atom. The van der Waals surface area contributed by atoms with Crippen molar-refractivity contribution in [1.82, 2.24) is 15.0 Å². The summed E-state index contributed by atoms with van der Waals surface area (Å²) >= 11 is 0. The third kappa shape index (κ3) is 2.87. The molecule has 1 aliphatic heterocycles. The minimum atomic E-state index is -0.283. The second-order valence-corrected chi connectivity index (χ2v) is 6.70. The molecule has 2 aromatic heterocycles. The summed E-state index contributed by atoms with van der Waals surface area (Å²) in [6, 6.07) is 12.0. The van der Waals surface area contributed by atoms with Gasteiger partial charge in [-0.25, -0.2) is 9.97 Å². The molecule has 1 fully saturated rings. The van der Waals surface area contributed by atoms with Crippen LogP contribution in [0.25, 0.3) is 22.6 Å². The smallest absolute Gasteiger partial charge is 0.407 e. The van der Waals surface area contributed by atoms with Crippen molar-refractivity contribution in [2.75, 3.05) is 13.2 Å². The third-order valence-electron chi connectivity index (χ3n) is 3.96. The average Bonchev–Trinajstić information content (AvgIpc) is 2.99. The van der Waals surface area contributed by atoms with E-state index < -0.39 is 0 Å². The topological polar surface area (TPSA) is 60.0 Å². The Bertz CT molecular complexity index is 786. The molecule has 0 atom stereocenters. The number of nitrogens with one attached hydrogen (secondary N) is 1. The number of imidazole rings is 1. The van der Waals surface area contributed by atoms with Crippen LogP contribution < -0.4 is 5.46 Å². The summed E-state index contributed by atoms with van der Waals surface area (Å²) in [5.41, 5.74) is 3.79. The lowest BCUT2D eigenvalue weighted by atomic mass is 9.75. The monoisotopic (exact) mass is 307 g/mol. The molecule has 0 aliphatic carbocycles. The molecule has 0 saturated carbocycles. The van der Waals surface area contributed by atoms with Gasteiger partial charge in [0.25, 0.3) is 0 Å². The van der Waals surface area contributed by atoms with E-state index in [1.807, 2.05) is 36.4 Å². The van der Waals surface area contributed by atoms with Crippen LogP contribution in [-0.2, 0) is 9.31 Å². The van der Waals surface area contributed by atoms with Crippen LogP contribution in [0.15, 0.2) is 42.6 Å². The van der Waals surface area contributed by atoms with Gasteiger partial charge in [0.15, 0.2) is 5.65 Å². The number of hydrogen-bond donors (Lipinski definition) is 1. The first-order valence-electron chi connectivity index (χ1n) is 7.75. The molecule has 1 N–H and O–H groups in total. The van der Waals surface area contributed by atoms with E-state index in [4.69, 9.17) is 9.31 Å². The van der Waals surface area contributed by atoms with Gasteiger partial charge in [0, 0.05) is 30.4 Å². The van der Waals surface area contributed by atoms with Crippen LogP contribution >= 0.6 is 0 Å². The van der Waals surface area contributed by atoms with Crippen molar-refractivity contribution in [1.29, 1.82) is 0 Å². The molecule has 4 rings (SSSR count). The second kappa shape index (κ2) is 5.47. The van der Waals surface area contributed by atoms with Gasteiger partial charge >= 0.3 is 7.12 Å². The molecule has 0 bridgehead atoms. The van der Waals surface area contributed by atoms with Gasteiger partial charge in [-0.05, 0) is 17.6 Å². The zero-order valence-electron chi connectivity index (χ0n) is 13.2.